The van der Waals surface area contributed by atoms with Gasteiger partial charge in [0, 0.05) is 18.8 Å². The van der Waals surface area contributed by atoms with E-state index in [1.165, 1.54) is 4.90 Å². The van der Waals surface area contributed by atoms with E-state index in [2.05, 4.69) is 15.3 Å². The van der Waals surface area contributed by atoms with E-state index in [0.29, 0.717) is 19.6 Å². The Labute approximate surface area is 173 Å². The molecule has 1 aromatic rings. The zero-order chi connectivity index (χ0) is 22.7. The van der Waals surface area contributed by atoms with Crippen molar-refractivity contribution in [3.63, 3.8) is 0 Å². The number of carbonyl (C=O) groups is 2. The molecule has 1 saturated heterocycles. The number of aromatic amines is 1. The highest BCUT2D eigenvalue weighted by molar-refractivity contribution is 5.91. The van der Waals surface area contributed by atoms with Crippen LogP contribution >= 0.6 is 0 Å². The van der Waals surface area contributed by atoms with Crippen molar-refractivity contribution in [1.29, 1.82) is 0 Å². The van der Waals surface area contributed by atoms with Crippen LogP contribution in [-0.2, 0) is 22.1 Å². The van der Waals surface area contributed by atoms with Crippen LogP contribution in [0.3, 0.4) is 0 Å². The summed E-state index contributed by atoms with van der Waals surface area (Å²) in [4.78, 5) is 32.3. The summed E-state index contributed by atoms with van der Waals surface area (Å²) in [6.45, 7) is 9.47. The van der Waals surface area contributed by atoms with E-state index < -0.39 is 47.4 Å². The number of nitrogens with one attached hydrogen (secondary N) is 2. The number of piperidine rings is 1. The molecule has 170 valence electrons. The van der Waals surface area contributed by atoms with E-state index in [4.69, 9.17) is 9.47 Å². The van der Waals surface area contributed by atoms with Crippen molar-refractivity contribution in [3.8, 4) is 0 Å². The molecule has 0 radical (unpaired) electrons. The number of rotatable bonds is 5. The topological polar surface area (TPSA) is 96.6 Å². The van der Waals surface area contributed by atoms with Crippen LogP contribution in [0.4, 0.5) is 18.0 Å². The first-order valence-corrected chi connectivity index (χ1v) is 9.92. The SMILES string of the molecule is CCO[C@H]1CN(C(=O)OC(C)(C)C)CC[C@H]1NC(=O)c1nc(C(F)(F)F)c(CC)[nH]1. The Morgan fingerprint density at radius 2 is 1.93 bits per heavy atom. The van der Waals surface area contributed by atoms with E-state index in [1.807, 2.05) is 0 Å². The molecular weight excluding hydrogens is 405 g/mol. The van der Waals surface area contributed by atoms with Gasteiger partial charge in [0.1, 0.15) is 5.60 Å². The first kappa shape index (κ1) is 24.0. The maximum absolute atomic E-state index is 13.1. The average molecular weight is 434 g/mol. The first-order chi connectivity index (χ1) is 13.9. The lowest BCUT2D eigenvalue weighted by Gasteiger charge is -2.38. The number of amides is 2. The third kappa shape index (κ3) is 6.10. The molecule has 2 rings (SSSR count). The molecule has 0 aromatic carbocycles. The molecular formula is C19H29F3N4O4. The van der Waals surface area contributed by atoms with Gasteiger partial charge in [-0.15, -0.1) is 0 Å². The van der Waals surface area contributed by atoms with E-state index >= 15 is 0 Å². The summed E-state index contributed by atoms with van der Waals surface area (Å²) in [5.74, 6) is -1.15. The van der Waals surface area contributed by atoms with Crippen LogP contribution in [0.15, 0.2) is 0 Å². The van der Waals surface area contributed by atoms with Gasteiger partial charge in [-0.25, -0.2) is 9.78 Å². The summed E-state index contributed by atoms with van der Waals surface area (Å²) >= 11 is 0. The highest BCUT2D eigenvalue weighted by atomic mass is 19.4. The van der Waals surface area contributed by atoms with Crippen molar-refractivity contribution < 1.29 is 32.2 Å². The van der Waals surface area contributed by atoms with Crippen molar-refractivity contribution in [2.45, 2.75) is 71.4 Å². The van der Waals surface area contributed by atoms with Crippen LogP contribution in [0.5, 0.6) is 0 Å². The molecule has 2 heterocycles. The fraction of sp³-hybridized carbons (Fsp3) is 0.737. The van der Waals surface area contributed by atoms with Crippen molar-refractivity contribution in [2.75, 3.05) is 19.7 Å². The smallest absolute Gasteiger partial charge is 0.435 e. The van der Waals surface area contributed by atoms with E-state index in [9.17, 15) is 22.8 Å². The zero-order valence-corrected chi connectivity index (χ0v) is 17.9. The third-order valence-electron chi connectivity index (χ3n) is 4.52. The maximum Gasteiger partial charge on any atom is 0.435 e. The summed E-state index contributed by atoms with van der Waals surface area (Å²) in [6.07, 6.45) is -5.23. The van der Waals surface area contributed by atoms with Crippen molar-refractivity contribution in [3.05, 3.63) is 17.2 Å². The highest BCUT2D eigenvalue weighted by Gasteiger charge is 2.39. The van der Waals surface area contributed by atoms with E-state index in [-0.39, 0.29) is 18.7 Å². The lowest BCUT2D eigenvalue weighted by molar-refractivity contribution is -0.141. The molecule has 1 aliphatic heterocycles. The van der Waals surface area contributed by atoms with Gasteiger partial charge in [0.2, 0.25) is 0 Å². The number of hydrogen-bond acceptors (Lipinski definition) is 5. The van der Waals surface area contributed by atoms with Crippen LogP contribution in [0.2, 0.25) is 0 Å². The second-order valence-electron chi connectivity index (χ2n) is 8.05. The van der Waals surface area contributed by atoms with Gasteiger partial charge in [-0.1, -0.05) is 6.92 Å². The molecule has 1 aliphatic rings. The number of imidazole rings is 1. The lowest BCUT2D eigenvalue weighted by Crippen LogP contribution is -2.57. The molecule has 2 atom stereocenters. The Balaban J connectivity index is 2.09. The molecule has 1 fully saturated rings. The number of H-pyrrole nitrogens is 1. The minimum atomic E-state index is -4.65. The molecule has 2 amide bonds. The fourth-order valence-corrected chi connectivity index (χ4v) is 3.20. The summed E-state index contributed by atoms with van der Waals surface area (Å²) < 4.78 is 50.3. The Kier molecular flexibility index (Phi) is 7.38. The minimum Gasteiger partial charge on any atom is -0.444 e. The molecule has 8 nitrogen and oxygen atoms in total. The van der Waals surface area contributed by atoms with Gasteiger partial charge in [0.05, 0.1) is 18.7 Å². The van der Waals surface area contributed by atoms with E-state index in [1.54, 1.807) is 34.6 Å². The van der Waals surface area contributed by atoms with E-state index in [0.717, 1.165) is 0 Å². The molecule has 2 N–H and O–H groups in total. The number of likely N-dealkylation sites (tertiary alicyclic amines) is 1. The minimum absolute atomic E-state index is 0.0605. The second-order valence-corrected chi connectivity index (χ2v) is 8.05. The summed E-state index contributed by atoms with van der Waals surface area (Å²) in [7, 11) is 0. The Bertz CT molecular complexity index is 758. The van der Waals surface area contributed by atoms with Crippen molar-refractivity contribution in [2.24, 2.45) is 0 Å². The van der Waals surface area contributed by atoms with Crippen LogP contribution in [0.1, 0.15) is 63.0 Å². The summed E-state index contributed by atoms with van der Waals surface area (Å²) in [5.41, 5.74) is -1.87. The quantitative estimate of drug-likeness (QED) is 0.742. The second kappa shape index (κ2) is 9.23. The molecule has 0 spiro atoms. The zero-order valence-electron chi connectivity index (χ0n) is 17.9. The van der Waals surface area contributed by atoms with Gasteiger partial charge in [-0.3, -0.25) is 4.79 Å². The maximum atomic E-state index is 13.1. The van der Waals surface area contributed by atoms with Gasteiger partial charge in [-0.2, -0.15) is 13.2 Å². The van der Waals surface area contributed by atoms with Gasteiger partial charge in [0.25, 0.3) is 5.91 Å². The Morgan fingerprint density at radius 3 is 2.43 bits per heavy atom. The molecule has 0 saturated carbocycles. The Hall–Kier alpha value is -2.30. The van der Waals surface area contributed by atoms with Crippen molar-refractivity contribution >= 4 is 12.0 Å². The average Bonchev–Trinajstić information content (AvgIpc) is 3.07. The Morgan fingerprint density at radius 1 is 1.27 bits per heavy atom. The first-order valence-electron chi connectivity index (χ1n) is 9.92. The third-order valence-corrected chi connectivity index (χ3v) is 4.52. The fourth-order valence-electron chi connectivity index (χ4n) is 3.20. The van der Waals surface area contributed by atoms with Crippen LogP contribution in [0.25, 0.3) is 0 Å². The molecule has 30 heavy (non-hydrogen) atoms. The number of halogens is 3. The van der Waals surface area contributed by atoms with Crippen LogP contribution in [0, 0.1) is 0 Å². The number of aromatic nitrogens is 2. The number of ether oxygens (including phenoxy) is 2. The molecule has 0 unspecified atom stereocenters. The molecule has 1 aromatic heterocycles. The van der Waals surface area contributed by atoms with Gasteiger partial charge in [0.15, 0.2) is 11.5 Å². The molecule has 11 heteroatoms. The number of nitrogens with zero attached hydrogens (tertiary/aromatic N) is 2. The standard InChI is InChI=1S/C19H29F3N4O4/c1-6-11-14(19(20,21)22)25-15(23-11)16(27)24-12-8-9-26(10-13(12)29-7-2)17(28)30-18(3,4)5/h12-13H,6-10H2,1-5H3,(H,23,25)(H,24,27)/t12-,13+/m1/s1. The molecule has 0 aliphatic carbocycles. The monoisotopic (exact) mass is 434 g/mol. The number of aryl methyl sites for hydroxylation is 1. The number of hydrogen-bond donors (Lipinski definition) is 2. The van der Waals surface area contributed by atoms with Crippen LogP contribution in [-0.4, -0.2) is 64.3 Å². The van der Waals surface area contributed by atoms with Crippen LogP contribution < -0.4 is 5.32 Å². The summed E-state index contributed by atoms with van der Waals surface area (Å²) in [5, 5.41) is 2.69. The number of carbonyl (C=O) groups excluding carboxylic acids is 2. The summed E-state index contributed by atoms with van der Waals surface area (Å²) in [6, 6.07) is -0.486. The normalized spacial score (nSPS) is 20.2. The number of alkyl halides is 3. The highest BCUT2D eigenvalue weighted by Crippen LogP contribution is 2.30. The van der Waals surface area contributed by atoms with Gasteiger partial charge < -0.3 is 24.7 Å². The van der Waals surface area contributed by atoms with Crippen molar-refractivity contribution in [1.82, 2.24) is 20.2 Å². The predicted molar refractivity (Wildman–Crippen MR) is 102 cm³/mol. The van der Waals surface area contributed by atoms with Gasteiger partial charge in [-0.05, 0) is 40.5 Å². The molecule has 0 bridgehead atoms. The van der Waals surface area contributed by atoms with Gasteiger partial charge >= 0.3 is 12.3 Å². The predicted octanol–water partition coefficient (Wildman–Crippen LogP) is 3.14. The lowest BCUT2D eigenvalue weighted by atomic mass is 10.0. The largest absolute Gasteiger partial charge is 0.444 e.